The summed E-state index contributed by atoms with van der Waals surface area (Å²) in [6.07, 6.45) is 6.43. The zero-order chi connectivity index (χ0) is 10.3. The molecule has 0 fully saturated rings. The Morgan fingerprint density at radius 2 is 2.40 bits per heavy atom. The number of amidine groups is 1. The van der Waals surface area contributed by atoms with Crippen LogP contribution in [0, 0.1) is 0 Å². The molecule has 1 aliphatic carbocycles. The number of anilines is 1. The van der Waals surface area contributed by atoms with Crippen molar-refractivity contribution in [1.82, 2.24) is 0 Å². The first-order chi connectivity index (χ1) is 7.38. The summed E-state index contributed by atoms with van der Waals surface area (Å²) < 4.78 is 0. The molecule has 0 aromatic heterocycles. The second kappa shape index (κ2) is 3.23. The zero-order valence-electron chi connectivity index (χ0n) is 8.83. The predicted octanol–water partition coefficient (Wildman–Crippen LogP) is 3.38. The largest absolute Gasteiger partial charge is 0.344 e. The van der Waals surface area contributed by atoms with Gasteiger partial charge in [-0.25, -0.2) is 0 Å². The lowest BCUT2D eigenvalue weighted by Gasteiger charge is -2.28. The van der Waals surface area contributed by atoms with Gasteiger partial charge >= 0.3 is 0 Å². The second-order valence-electron chi connectivity index (χ2n) is 4.02. The Kier molecular flexibility index (Phi) is 1.88. The SMILES string of the molecule is CCC1=NC2CC=Cc3cccc(c32)N1. The lowest BCUT2D eigenvalue weighted by atomic mass is 9.90. The molecule has 1 heterocycles. The first-order valence-electron chi connectivity index (χ1n) is 5.51. The van der Waals surface area contributed by atoms with E-state index in [2.05, 4.69) is 42.6 Å². The third-order valence-electron chi connectivity index (χ3n) is 3.06. The van der Waals surface area contributed by atoms with Crippen LogP contribution in [-0.4, -0.2) is 5.84 Å². The molecule has 2 aliphatic rings. The van der Waals surface area contributed by atoms with Gasteiger partial charge in [-0.15, -0.1) is 0 Å². The molecule has 1 N–H and O–H groups in total. The summed E-state index contributed by atoms with van der Waals surface area (Å²) in [5.41, 5.74) is 3.93. The molecule has 15 heavy (non-hydrogen) atoms. The molecule has 0 saturated heterocycles. The van der Waals surface area contributed by atoms with Crippen molar-refractivity contribution in [3.63, 3.8) is 0 Å². The van der Waals surface area contributed by atoms with Crippen LogP contribution in [0.5, 0.6) is 0 Å². The van der Waals surface area contributed by atoms with E-state index < -0.39 is 0 Å². The highest BCUT2D eigenvalue weighted by atomic mass is 15.0. The standard InChI is InChI=1S/C13H14N2/c1-2-12-14-10-7-3-5-9-6-4-8-11(15-12)13(9)10/h3-7,11H,2,8H2,1H3,(H,14,15). The lowest BCUT2D eigenvalue weighted by Crippen LogP contribution is -2.21. The molecule has 1 atom stereocenters. The second-order valence-corrected chi connectivity index (χ2v) is 4.02. The molecule has 0 amide bonds. The van der Waals surface area contributed by atoms with Gasteiger partial charge in [-0.3, -0.25) is 4.99 Å². The third kappa shape index (κ3) is 1.29. The van der Waals surface area contributed by atoms with Crippen molar-refractivity contribution < 1.29 is 0 Å². The van der Waals surface area contributed by atoms with Crippen LogP contribution in [0.1, 0.15) is 36.9 Å². The molecule has 1 unspecified atom stereocenters. The van der Waals surface area contributed by atoms with E-state index in [4.69, 9.17) is 4.99 Å². The highest BCUT2D eigenvalue weighted by Crippen LogP contribution is 2.38. The number of benzene rings is 1. The predicted molar refractivity (Wildman–Crippen MR) is 64.2 cm³/mol. The van der Waals surface area contributed by atoms with Gasteiger partial charge in [-0.2, -0.15) is 0 Å². The highest BCUT2D eigenvalue weighted by molar-refractivity contribution is 5.98. The van der Waals surface area contributed by atoms with Crippen LogP contribution in [0.25, 0.3) is 6.08 Å². The number of aliphatic imine (C=N–C) groups is 1. The quantitative estimate of drug-likeness (QED) is 0.735. The molecular formula is C13H14N2. The van der Waals surface area contributed by atoms with Crippen LogP contribution < -0.4 is 5.32 Å². The van der Waals surface area contributed by atoms with E-state index >= 15 is 0 Å². The van der Waals surface area contributed by atoms with Gasteiger partial charge in [0.05, 0.1) is 6.04 Å². The van der Waals surface area contributed by atoms with Gasteiger partial charge in [0.2, 0.25) is 0 Å². The zero-order valence-corrected chi connectivity index (χ0v) is 8.83. The summed E-state index contributed by atoms with van der Waals surface area (Å²) in [7, 11) is 0. The third-order valence-corrected chi connectivity index (χ3v) is 3.06. The van der Waals surface area contributed by atoms with E-state index in [9.17, 15) is 0 Å². The van der Waals surface area contributed by atoms with Crippen LogP contribution in [0.2, 0.25) is 0 Å². The fraction of sp³-hybridized carbons (Fsp3) is 0.308. The van der Waals surface area contributed by atoms with Crippen molar-refractivity contribution in [3.05, 3.63) is 35.4 Å². The van der Waals surface area contributed by atoms with E-state index in [1.54, 1.807) is 0 Å². The highest BCUT2D eigenvalue weighted by Gasteiger charge is 2.23. The smallest absolute Gasteiger partial charge is 0.101 e. The Morgan fingerprint density at radius 1 is 1.47 bits per heavy atom. The van der Waals surface area contributed by atoms with Crippen molar-refractivity contribution in [2.75, 3.05) is 5.32 Å². The van der Waals surface area contributed by atoms with Crippen molar-refractivity contribution in [1.29, 1.82) is 0 Å². The van der Waals surface area contributed by atoms with Crippen LogP contribution in [-0.2, 0) is 0 Å². The minimum absolute atomic E-state index is 0.345. The maximum absolute atomic E-state index is 4.73. The summed E-state index contributed by atoms with van der Waals surface area (Å²) >= 11 is 0. The van der Waals surface area contributed by atoms with Crippen LogP contribution in [0.3, 0.4) is 0 Å². The van der Waals surface area contributed by atoms with Gasteiger partial charge in [0, 0.05) is 17.7 Å². The number of rotatable bonds is 1. The van der Waals surface area contributed by atoms with Crippen molar-refractivity contribution in [3.8, 4) is 0 Å². The maximum atomic E-state index is 4.73. The van der Waals surface area contributed by atoms with Gasteiger partial charge in [-0.1, -0.05) is 31.2 Å². The minimum Gasteiger partial charge on any atom is -0.344 e. The minimum atomic E-state index is 0.345. The molecule has 1 aromatic carbocycles. The molecule has 1 aliphatic heterocycles. The molecule has 1 aromatic rings. The van der Waals surface area contributed by atoms with Gasteiger partial charge in [-0.05, 0) is 18.1 Å². The maximum Gasteiger partial charge on any atom is 0.101 e. The number of nitrogens with zero attached hydrogens (tertiary/aromatic N) is 1. The Bertz CT molecular complexity index is 458. The van der Waals surface area contributed by atoms with Gasteiger partial charge in [0.1, 0.15) is 5.84 Å². The van der Waals surface area contributed by atoms with E-state index in [0.717, 1.165) is 18.7 Å². The number of hydrogen-bond donors (Lipinski definition) is 1. The van der Waals surface area contributed by atoms with Gasteiger partial charge in [0.25, 0.3) is 0 Å². The van der Waals surface area contributed by atoms with Crippen LogP contribution in [0.4, 0.5) is 5.69 Å². The summed E-state index contributed by atoms with van der Waals surface area (Å²) in [6.45, 7) is 2.14. The first kappa shape index (κ1) is 8.72. The Morgan fingerprint density at radius 3 is 3.27 bits per heavy atom. The summed E-state index contributed by atoms with van der Waals surface area (Å²) in [5, 5.41) is 3.40. The van der Waals surface area contributed by atoms with Gasteiger partial charge in [0.15, 0.2) is 0 Å². The molecule has 2 nitrogen and oxygen atoms in total. The summed E-state index contributed by atoms with van der Waals surface area (Å²) in [6, 6.07) is 6.76. The Labute approximate surface area is 89.7 Å². The molecule has 0 spiro atoms. The average Bonchev–Trinajstić information content (AvgIpc) is 2.29. The molecular weight excluding hydrogens is 184 g/mol. The number of hydrogen-bond acceptors (Lipinski definition) is 2. The molecule has 0 bridgehead atoms. The monoisotopic (exact) mass is 198 g/mol. The topological polar surface area (TPSA) is 24.4 Å². The fourth-order valence-electron chi connectivity index (χ4n) is 2.32. The fourth-order valence-corrected chi connectivity index (χ4v) is 2.32. The van der Waals surface area contributed by atoms with E-state index in [0.29, 0.717) is 6.04 Å². The van der Waals surface area contributed by atoms with E-state index in [1.165, 1.54) is 16.8 Å². The lowest BCUT2D eigenvalue weighted by molar-refractivity contribution is 0.726. The van der Waals surface area contributed by atoms with E-state index in [1.807, 2.05) is 0 Å². The van der Waals surface area contributed by atoms with Gasteiger partial charge < -0.3 is 5.32 Å². The average molecular weight is 198 g/mol. The summed E-state index contributed by atoms with van der Waals surface area (Å²) in [4.78, 5) is 4.73. The van der Waals surface area contributed by atoms with E-state index in [-0.39, 0.29) is 0 Å². The molecule has 0 radical (unpaired) electrons. The molecule has 76 valence electrons. The van der Waals surface area contributed by atoms with Crippen molar-refractivity contribution >= 4 is 17.6 Å². The first-order valence-corrected chi connectivity index (χ1v) is 5.51. The van der Waals surface area contributed by atoms with Crippen LogP contribution in [0.15, 0.2) is 29.3 Å². The molecule has 2 heteroatoms. The normalized spacial score (nSPS) is 21.7. The van der Waals surface area contributed by atoms with Crippen molar-refractivity contribution in [2.45, 2.75) is 25.8 Å². The molecule has 3 rings (SSSR count). The van der Waals surface area contributed by atoms with Crippen molar-refractivity contribution in [2.24, 2.45) is 4.99 Å². The number of nitrogens with one attached hydrogen (secondary N) is 1. The Hall–Kier alpha value is -1.57. The van der Waals surface area contributed by atoms with Crippen LogP contribution >= 0.6 is 0 Å². The Balaban J connectivity index is 2.17. The summed E-state index contributed by atoms with van der Waals surface area (Å²) in [5.74, 6) is 1.11. The molecule has 0 saturated carbocycles.